The van der Waals surface area contributed by atoms with Gasteiger partial charge in [0.05, 0.1) is 22.6 Å². The average molecular weight is 330 g/mol. The lowest BCUT2D eigenvalue weighted by atomic mass is 10.1. The zero-order chi connectivity index (χ0) is 17.3. The standard InChI is InChI=1S/C18H23FN4O/c1-12-17(18(24)22-9-8-14(11-22)10-20-3)13(2)23(21-12)16-6-4-15(19)5-7-16/h4-7,14,20H,8-11H2,1-3H3. The molecule has 2 heterocycles. The van der Waals surface area contributed by atoms with E-state index < -0.39 is 0 Å². The zero-order valence-corrected chi connectivity index (χ0v) is 14.3. The molecule has 0 aliphatic carbocycles. The van der Waals surface area contributed by atoms with Gasteiger partial charge in [-0.2, -0.15) is 5.10 Å². The first kappa shape index (κ1) is 16.6. The predicted molar refractivity (Wildman–Crippen MR) is 90.9 cm³/mol. The van der Waals surface area contributed by atoms with Gasteiger partial charge in [-0.05, 0) is 64.0 Å². The minimum Gasteiger partial charge on any atom is -0.338 e. The maximum atomic E-state index is 13.1. The Kier molecular flexibility index (Phi) is 4.66. The molecule has 1 fully saturated rings. The average Bonchev–Trinajstić information content (AvgIpc) is 3.13. The summed E-state index contributed by atoms with van der Waals surface area (Å²) in [5.41, 5.74) is 2.91. The lowest BCUT2D eigenvalue weighted by Crippen LogP contribution is -2.31. The third-order valence-corrected chi connectivity index (χ3v) is 4.64. The van der Waals surface area contributed by atoms with Crippen molar-refractivity contribution in [3.05, 3.63) is 47.0 Å². The summed E-state index contributed by atoms with van der Waals surface area (Å²) in [4.78, 5) is 14.8. The molecule has 1 amide bonds. The van der Waals surface area contributed by atoms with Crippen molar-refractivity contribution in [3.63, 3.8) is 0 Å². The molecule has 6 heteroatoms. The molecule has 1 aromatic carbocycles. The van der Waals surface area contributed by atoms with E-state index in [-0.39, 0.29) is 11.7 Å². The molecule has 1 N–H and O–H groups in total. The maximum Gasteiger partial charge on any atom is 0.257 e. The Hall–Kier alpha value is -2.21. The zero-order valence-electron chi connectivity index (χ0n) is 14.3. The van der Waals surface area contributed by atoms with Gasteiger partial charge >= 0.3 is 0 Å². The number of nitrogens with zero attached hydrogens (tertiary/aromatic N) is 3. The van der Waals surface area contributed by atoms with Crippen LogP contribution in [0.3, 0.4) is 0 Å². The van der Waals surface area contributed by atoms with E-state index in [4.69, 9.17) is 0 Å². The number of aromatic nitrogens is 2. The molecular formula is C18H23FN4O. The number of nitrogens with one attached hydrogen (secondary N) is 1. The van der Waals surface area contributed by atoms with Crippen molar-refractivity contribution >= 4 is 5.91 Å². The number of hydrogen-bond donors (Lipinski definition) is 1. The molecule has 1 saturated heterocycles. The quantitative estimate of drug-likeness (QED) is 0.936. The topological polar surface area (TPSA) is 50.2 Å². The molecule has 24 heavy (non-hydrogen) atoms. The van der Waals surface area contributed by atoms with Crippen molar-refractivity contribution in [2.24, 2.45) is 5.92 Å². The fourth-order valence-corrected chi connectivity index (χ4v) is 3.42. The highest BCUT2D eigenvalue weighted by molar-refractivity contribution is 5.96. The van der Waals surface area contributed by atoms with E-state index in [1.165, 1.54) is 12.1 Å². The molecule has 0 bridgehead atoms. The summed E-state index contributed by atoms with van der Waals surface area (Å²) in [6.07, 6.45) is 1.02. The van der Waals surface area contributed by atoms with Gasteiger partial charge in [0.1, 0.15) is 5.82 Å². The van der Waals surface area contributed by atoms with Crippen molar-refractivity contribution in [1.29, 1.82) is 0 Å². The van der Waals surface area contributed by atoms with Gasteiger partial charge in [0.15, 0.2) is 0 Å². The van der Waals surface area contributed by atoms with E-state index in [1.807, 2.05) is 25.8 Å². The van der Waals surface area contributed by atoms with Crippen LogP contribution in [0.25, 0.3) is 5.69 Å². The van der Waals surface area contributed by atoms with Gasteiger partial charge in [-0.1, -0.05) is 0 Å². The first-order valence-electron chi connectivity index (χ1n) is 8.27. The van der Waals surface area contributed by atoms with Crippen LogP contribution in [0.15, 0.2) is 24.3 Å². The monoisotopic (exact) mass is 330 g/mol. The van der Waals surface area contributed by atoms with Gasteiger partial charge in [0.25, 0.3) is 5.91 Å². The second kappa shape index (κ2) is 6.73. The van der Waals surface area contributed by atoms with Crippen LogP contribution in [0.4, 0.5) is 4.39 Å². The van der Waals surface area contributed by atoms with Gasteiger partial charge in [0, 0.05) is 13.1 Å². The van der Waals surface area contributed by atoms with Crippen molar-refractivity contribution in [3.8, 4) is 5.69 Å². The lowest BCUT2D eigenvalue weighted by molar-refractivity contribution is 0.0785. The summed E-state index contributed by atoms with van der Waals surface area (Å²) < 4.78 is 14.8. The first-order chi connectivity index (χ1) is 11.5. The molecule has 5 nitrogen and oxygen atoms in total. The minimum atomic E-state index is -0.288. The number of aryl methyl sites for hydroxylation is 1. The van der Waals surface area contributed by atoms with Crippen LogP contribution in [0.2, 0.25) is 0 Å². The van der Waals surface area contributed by atoms with E-state index in [1.54, 1.807) is 16.8 Å². The van der Waals surface area contributed by atoms with E-state index in [0.29, 0.717) is 17.2 Å². The molecular weight excluding hydrogens is 307 g/mol. The molecule has 1 aromatic heterocycles. The van der Waals surface area contributed by atoms with Gasteiger partial charge in [-0.15, -0.1) is 0 Å². The van der Waals surface area contributed by atoms with E-state index in [2.05, 4.69) is 10.4 Å². The number of rotatable bonds is 4. The molecule has 1 unspecified atom stereocenters. The Balaban J connectivity index is 1.86. The van der Waals surface area contributed by atoms with E-state index >= 15 is 0 Å². The van der Waals surface area contributed by atoms with Crippen LogP contribution in [0, 0.1) is 25.6 Å². The predicted octanol–water partition coefficient (Wildman–Crippen LogP) is 2.31. The van der Waals surface area contributed by atoms with Gasteiger partial charge < -0.3 is 10.2 Å². The molecule has 3 rings (SSSR count). The van der Waals surface area contributed by atoms with Gasteiger partial charge in [-0.25, -0.2) is 9.07 Å². The van der Waals surface area contributed by atoms with Crippen LogP contribution in [0.1, 0.15) is 28.2 Å². The molecule has 0 saturated carbocycles. The first-order valence-corrected chi connectivity index (χ1v) is 8.27. The second-order valence-electron chi connectivity index (χ2n) is 6.40. The third kappa shape index (κ3) is 3.06. The smallest absolute Gasteiger partial charge is 0.257 e. The molecule has 0 spiro atoms. The van der Waals surface area contributed by atoms with E-state index in [0.717, 1.165) is 37.4 Å². The Morgan fingerprint density at radius 2 is 2.04 bits per heavy atom. The molecule has 1 aliphatic rings. The number of carbonyl (C=O) groups is 1. The number of amides is 1. The second-order valence-corrected chi connectivity index (χ2v) is 6.40. The number of likely N-dealkylation sites (tertiary alicyclic amines) is 1. The fraction of sp³-hybridized carbons (Fsp3) is 0.444. The number of carbonyl (C=O) groups excluding carboxylic acids is 1. The molecule has 128 valence electrons. The van der Waals surface area contributed by atoms with Crippen LogP contribution in [0.5, 0.6) is 0 Å². The van der Waals surface area contributed by atoms with Crippen LogP contribution >= 0.6 is 0 Å². The van der Waals surface area contributed by atoms with Gasteiger partial charge in [-0.3, -0.25) is 4.79 Å². The molecule has 0 radical (unpaired) electrons. The number of halogens is 1. The highest BCUT2D eigenvalue weighted by Crippen LogP contribution is 2.23. The number of hydrogen-bond acceptors (Lipinski definition) is 3. The number of benzene rings is 1. The highest BCUT2D eigenvalue weighted by atomic mass is 19.1. The summed E-state index contributed by atoms with van der Waals surface area (Å²) in [6.45, 7) is 6.22. The third-order valence-electron chi connectivity index (χ3n) is 4.64. The van der Waals surface area contributed by atoms with Crippen LogP contribution in [-0.2, 0) is 0 Å². The molecule has 1 aliphatic heterocycles. The summed E-state index contributed by atoms with van der Waals surface area (Å²) in [6, 6.07) is 6.13. The van der Waals surface area contributed by atoms with Crippen molar-refractivity contribution < 1.29 is 9.18 Å². The SMILES string of the molecule is CNCC1CCN(C(=O)c2c(C)nn(-c3ccc(F)cc3)c2C)C1. The van der Waals surface area contributed by atoms with Gasteiger partial charge in [0.2, 0.25) is 0 Å². The summed E-state index contributed by atoms with van der Waals surface area (Å²) in [7, 11) is 1.94. The van der Waals surface area contributed by atoms with Crippen LogP contribution < -0.4 is 5.32 Å². The maximum absolute atomic E-state index is 13.1. The Morgan fingerprint density at radius 3 is 2.71 bits per heavy atom. The summed E-state index contributed by atoms with van der Waals surface area (Å²) in [5.74, 6) is 0.257. The normalized spacial score (nSPS) is 17.5. The molecule has 2 aromatic rings. The minimum absolute atomic E-state index is 0.0389. The summed E-state index contributed by atoms with van der Waals surface area (Å²) in [5, 5.41) is 7.67. The van der Waals surface area contributed by atoms with E-state index in [9.17, 15) is 9.18 Å². The van der Waals surface area contributed by atoms with Crippen LogP contribution in [-0.4, -0.2) is 47.3 Å². The lowest BCUT2D eigenvalue weighted by Gasteiger charge is -2.17. The highest BCUT2D eigenvalue weighted by Gasteiger charge is 2.30. The van der Waals surface area contributed by atoms with Crippen molar-refractivity contribution in [1.82, 2.24) is 20.0 Å². The molecule has 1 atom stereocenters. The van der Waals surface area contributed by atoms with Crippen molar-refractivity contribution in [2.75, 3.05) is 26.7 Å². The Morgan fingerprint density at radius 1 is 1.33 bits per heavy atom. The Bertz CT molecular complexity index is 738. The summed E-state index contributed by atoms with van der Waals surface area (Å²) >= 11 is 0. The van der Waals surface area contributed by atoms with Crippen molar-refractivity contribution in [2.45, 2.75) is 20.3 Å². The Labute approximate surface area is 141 Å². The largest absolute Gasteiger partial charge is 0.338 e. The fourth-order valence-electron chi connectivity index (χ4n) is 3.42.